The molecule has 5 rings (SSSR count). The number of nitrogens with zero attached hydrogens (tertiary/aromatic N) is 2. The number of halogens is 1. The van der Waals surface area contributed by atoms with Crippen LogP contribution in [0.5, 0.6) is 5.75 Å². The van der Waals surface area contributed by atoms with Crippen LogP contribution < -0.4 is 4.74 Å². The maximum atomic E-state index is 13.8. The van der Waals surface area contributed by atoms with Crippen LogP contribution in [-0.2, 0) is 26.0 Å². The molecular weight excluding hydrogens is 544 g/mol. The van der Waals surface area contributed by atoms with Gasteiger partial charge >= 0.3 is 0 Å². The smallest absolute Gasteiger partial charge is 0.243 e. The minimum Gasteiger partial charge on any atom is -0.491 e. The Balaban J connectivity index is 1.38. The highest BCUT2D eigenvalue weighted by Gasteiger charge is 2.36. The summed E-state index contributed by atoms with van der Waals surface area (Å²) in [6, 6.07) is 15.6. The van der Waals surface area contributed by atoms with E-state index >= 15 is 0 Å². The predicted molar refractivity (Wildman–Crippen MR) is 148 cm³/mol. The van der Waals surface area contributed by atoms with E-state index in [-0.39, 0.29) is 42.6 Å². The standard InChI is InChI=1S/C28H31ClN2O5S2/c1-20-4-8-22(9-5-20)36-19-26-25-13-16-37-27(25)12-14-31(26)28(32)18-30(17-23-3-2-15-35-23)38(33,34)24-10-6-21(29)7-11-24/h4-11,13,16,23,26H,2-3,12,14-15,17-19H2,1H3. The number of ether oxygens (including phenoxy) is 2. The normalized spacial score (nSPS) is 19.5. The highest BCUT2D eigenvalue weighted by atomic mass is 35.5. The van der Waals surface area contributed by atoms with Gasteiger partial charge in [-0.15, -0.1) is 11.3 Å². The Morgan fingerprint density at radius 2 is 1.92 bits per heavy atom. The van der Waals surface area contributed by atoms with Crippen molar-refractivity contribution in [2.45, 2.75) is 43.2 Å². The zero-order valence-electron chi connectivity index (χ0n) is 21.2. The second-order valence-electron chi connectivity index (χ2n) is 9.66. The van der Waals surface area contributed by atoms with Gasteiger partial charge < -0.3 is 14.4 Å². The van der Waals surface area contributed by atoms with Crippen LogP contribution in [0.3, 0.4) is 0 Å². The molecule has 2 aromatic carbocycles. The molecule has 202 valence electrons. The molecule has 3 heterocycles. The van der Waals surface area contributed by atoms with Crippen molar-refractivity contribution in [3.8, 4) is 5.75 Å². The maximum absolute atomic E-state index is 13.8. The zero-order chi connectivity index (χ0) is 26.7. The number of carbonyl (C=O) groups excluding carboxylic acids is 1. The summed E-state index contributed by atoms with van der Waals surface area (Å²) >= 11 is 7.67. The van der Waals surface area contributed by atoms with Crippen LogP contribution in [0.15, 0.2) is 64.9 Å². The number of rotatable bonds is 9. The Hall–Kier alpha value is -2.43. The quantitative estimate of drug-likeness (QED) is 0.356. The van der Waals surface area contributed by atoms with Gasteiger partial charge in [-0.3, -0.25) is 4.79 Å². The molecule has 1 amide bonds. The van der Waals surface area contributed by atoms with Gasteiger partial charge in [-0.05, 0) is 79.6 Å². The first kappa shape index (κ1) is 27.1. The first-order valence-corrected chi connectivity index (χ1v) is 15.4. The lowest BCUT2D eigenvalue weighted by atomic mass is 10.0. The highest BCUT2D eigenvalue weighted by molar-refractivity contribution is 7.89. The van der Waals surface area contributed by atoms with Crippen molar-refractivity contribution in [2.24, 2.45) is 0 Å². The fourth-order valence-corrected chi connectivity index (χ4v) is 7.42. The van der Waals surface area contributed by atoms with Gasteiger partial charge in [0.1, 0.15) is 12.4 Å². The lowest BCUT2D eigenvalue weighted by Gasteiger charge is -2.37. The number of amides is 1. The average Bonchev–Trinajstić information content (AvgIpc) is 3.60. The first-order chi connectivity index (χ1) is 18.3. The van der Waals surface area contributed by atoms with E-state index in [1.54, 1.807) is 28.4 Å². The third kappa shape index (κ3) is 6.07. The van der Waals surface area contributed by atoms with Gasteiger partial charge in [-0.2, -0.15) is 4.31 Å². The fourth-order valence-electron chi connectivity index (χ4n) is 4.94. The molecule has 0 bridgehead atoms. The van der Waals surface area contributed by atoms with Crippen LogP contribution >= 0.6 is 22.9 Å². The molecule has 3 aromatic rings. The van der Waals surface area contributed by atoms with Gasteiger partial charge in [0.05, 0.1) is 23.6 Å². The van der Waals surface area contributed by atoms with Gasteiger partial charge in [0, 0.05) is 29.6 Å². The number of thiophene rings is 1. The van der Waals surface area contributed by atoms with Gasteiger partial charge in [0.15, 0.2) is 0 Å². The molecule has 2 aliphatic heterocycles. The van der Waals surface area contributed by atoms with Crippen molar-refractivity contribution in [1.29, 1.82) is 0 Å². The molecule has 38 heavy (non-hydrogen) atoms. The lowest BCUT2D eigenvalue weighted by molar-refractivity contribution is -0.135. The topological polar surface area (TPSA) is 76.2 Å². The van der Waals surface area contributed by atoms with E-state index in [4.69, 9.17) is 21.1 Å². The number of benzene rings is 2. The Morgan fingerprint density at radius 1 is 1.16 bits per heavy atom. The van der Waals surface area contributed by atoms with Gasteiger partial charge in [-0.25, -0.2) is 8.42 Å². The summed E-state index contributed by atoms with van der Waals surface area (Å²) in [5, 5.41) is 2.48. The SMILES string of the molecule is Cc1ccc(OCC2c3ccsc3CCN2C(=O)CN(CC2CCCO2)S(=O)(=O)c2ccc(Cl)cc2)cc1. The third-order valence-electron chi connectivity index (χ3n) is 7.04. The molecule has 1 aromatic heterocycles. The highest BCUT2D eigenvalue weighted by Crippen LogP contribution is 2.34. The number of hydrogen-bond donors (Lipinski definition) is 0. The molecule has 1 fully saturated rings. The maximum Gasteiger partial charge on any atom is 0.243 e. The van der Waals surface area contributed by atoms with Gasteiger partial charge in [0.2, 0.25) is 15.9 Å². The minimum absolute atomic E-state index is 0.103. The van der Waals surface area contributed by atoms with E-state index in [0.717, 1.165) is 36.1 Å². The molecule has 0 N–H and O–H groups in total. The molecule has 2 unspecified atom stereocenters. The van der Waals surface area contributed by atoms with Crippen LogP contribution in [0.1, 0.15) is 34.9 Å². The number of carbonyl (C=O) groups is 1. The van der Waals surface area contributed by atoms with E-state index in [1.807, 2.05) is 42.6 Å². The summed E-state index contributed by atoms with van der Waals surface area (Å²) in [6.07, 6.45) is 2.12. The van der Waals surface area contributed by atoms with Crippen molar-refractivity contribution >= 4 is 38.9 Å². The lowest BCUT2D eigenvalue weighted by Crippen LogP contribution is -2.49. The summed E-state index contributed by atoms with van der Waals surface area (Å²) in [5.41, 5.74) is 2.20. The Morgan fingerprint density at radius 3 is 2.63 bits per heavy atom. The Labute approximate surface area is 233 Å². The largest absolute Gasteiger partial charge is 0.491 e. The minimum atomic E-state index is -3.95. The van der Waals surface area contributed by atoms with Crippen LogP contribution in [0.25, 0.3) is 0 Å². The van der Waals surface area contributed by atoms with E-state index in [1.165, 1.54) is 21.3 Å². The summed E-state index contributed by atoms with van der Waals surface area (Å²) in [7, 11) is -3.95. The van der Waals surface area contributed by atoms with E-state index < -0.39 is 10.0 Å². The van der Waals surface area contributed by atoms with Gasteiger partial charge in [0.25, 0.3) is 0 Å². The number of hydrogen-bond acceptors (Lipinski definition) is 6. The molecule has 0 radical (unpaired) electrons. The van der Waals surface area contributed by atoms with E-state index in [2.05, 4.69) is 0 Å². The van der Waals surface area contributed by atoms with E-state index in [0.29, 0.717) is 18.2 Å². The number of fused-ring (bicyclic) bond motifs is 1. The third-order valence-corrected chi connectivity index (χ3v) is 10.1. The first-order valence-electron chi connectivity index (χ1n) is 12.7. The average molecular weight is 575 g/mol. The van der Waals surface area contributed by atoms with Gasteiger partial charge in [-0.1, -0.05) is 29.3 Å². The molecule has 0 saturated carbocycles. The predicted octanol–water partition coefficient (Wildman–Crippen LogP) is 5.08. The molecule has 7 nitrogen and oxygen atoms in total. The molecule has 0 aliphatic carbocycles. The van der Waals surface area contributed by atoms with E-state index in [9.17, 15) is 13.2 Å². The summed E-state index contributed by atoms with van der Waals surface area (Å²) in [6.45, 7) is 3.25. The number of aryl methyl sites for hydroxylation is 1. The molecular formula is C28H31ClN2O5S2. The van der Waals surface area contributed by atoms with Crippen molar-refractivity contribution in [2.75, 3.05) is 32.8 Å². The molecule has 2 atom stereocenters. The summed E-state index contributed by atoms with van der Waals surface area (Å²) < 4.78 is 40.4. The van der Waals surface area contributed by atoms with Crippen LogP contribution in [0.2, 0.25) is 5.02 Å². The second-order valence-corrected chi connectivity index (χ2v) is 13.0. The Bertz CT molecular complexity index is 1350. The van der Waals surface area contributed by atoms with Crippen molar-refractivity contribution < 1.29 is 22.7 Å². The fraction of sp³-hybridized carbons (Fsp3) is 0.393. The number of sulfonamides is 1. The second kappa shape index (κ2) is 11.8. The molecule has 10 heteroatoms. The van der Waals surface area contributed by atoms with Crippen molar-refractivity contribution in [3.05, 3.63) is 81.0 Å². The van der Waals surface area contributed by atoms with Crippen molar-refractivity contribution in [1.82, 2.24) is 9.21 Å². The zero-order valence-corrected chi connectivity index (χ0v) is 23.6. The molecule has 2 aliphatic rings. The van der Waals surface area contributed by atoms with Crippen LogP contribution in [-0.4, -0.2) is 62.5 Å². The molecule has 1 saturated heterocycles. The molecule has 0 spiro atoms. The van der Waals surface area contributed by atoms with Crippen molar-refractivity contribution in [3.63, 3.8) is 0 Å². The summed E-state index contributed by atoms with van der Waals surface area (Å²) in [4.78, 5) is 16.9. The van der Waals surface area contributed by atoms with Crippen LogP contribution in [0.4, 0.5) is 0 Å². The van der Waals surface area contributed by atoms with Crippen LogP contribution in [0, 0.1) is 6.92 Å². The Kier molecular flexibility index (Phi) is 8.40. The summed E-state index contributed by atoms with van der Waals surface area (Å²) in [5.74, 6) is 0.477. The monoisotopic (exact) mass is 574 g/mol.